The van der Waals surface area contributed by atoms with Crippen molar-refractivity contribution in [2.24, 2.45) is 22.7 Å². The number of aliphatic hydroxyl groups is 2. The Morgan fingerprint density at radius 2 is 1.38 bits per heavy atom. The third-order valence-corrected chi connectivity index (χ3v) is 5.20. The second kappa shape index (κ2) is 2.71. The second-order valence-corrected chi connectivity index (χ2v) is 5.36. The molecule has 0 radical (unpaired) electrons. The van der Waals surface area contributed by atoms with E-state index in [1.165, 1.54) is 19.3 Å². The first-order valence-corrected chi connectivity index (χ1v) is 5.30. The fourth-order valence-electron chi connectivity index (χ4n) is 3.69. The summed E-state index contributed by atoms with van der Waals surface area (Å²) in [5.41, 5.74) is -0.0741. The molecule has 13 heavy (non-hydrogen) atoms. The third kappa shape index (κ3) is 0.909. The first-order valence-electron chi connectivity index (χ1n) is 5.30. The van der Waals surface area contributed by atoms with E-state index in [0.29, 0.717) is 11.8 Å². The van der Waals surface area contributed by atoms with Crippen LogP contribution < -0.4 is 0 Å². The zero-order valence-electron chi connectivity index (χ0n) is 8.58. The Hall–Kier alpha value is -0.0800. The monoisotopic (exact) mass is 184 g/mol. The van der Waals surface area contributed by atoms with Gasteiger partial charge in [0.05, 0.1) is 0 Å². The van der Waals surface area contributed by atoms with Crippen molar-refractivity contribution in [1.29, 1.82) is 0 Å². The van der Waals surface area contributed by atoms with E-state index in [0.717, 1.165) is 0 Å². The zero-order valence-corrected chi connectivity index (χ0v) is 8.58. The Bertz CT molecular complexity index is 194. The molecule has 2 bridgehead atoms. The smallest absolute Gasteiger partial charge is 0.0493 e. The van der Waals surface area contributed by atoms with E-state index in [1.54, 1.807) is 0 Å². The Labute approximate surface area is 80.0 Å². The number of hydrogen-bond donors (Lipinski definition) is 2. The molecule has 0 aromatic carbocycles. The minimum atomic E-state index is -0.0370. The largest absolute Gasteiger partial charge is 0.396 e. The molecule has 0 amide bonds. The highest BCUT2D eigenvalue weighted by Crippen LogP contribution is 2.65. The van der Waals surface area contributed by atoms with Crippen molar-refractivity contribution in [2.75, 3.05) is 13.2 Å². The SMILES string of the molecule is C[C@]1(CO)[C@H]2CC[C@H](C2)[C@@]1(C)CO. The molecule has 0 aromatic rings. The van der Waals surface area contributed by atoms with Crippen molar-refractivity contribution in [2.45, 2.75) is 33.1 Å². The second-order valence-electron chi connectivity index (χ2n) is 5.36. The van der Waals surface area contributed by atoms with Gasteiger partial charge >= 0.3 is 0 Å². The van der Waals surface area contributed by atoms with Gasteiger partial charge in [-0.3, -0.25) is 0 Å². The molecule has 4 atom stereocenters. The van der Waals surface area contributed by atoms with Crippen molar-refractivity contribution in [3.8, 4) is 0 Å². The Kier molecular flexibility index (Phi) is 1.97. The first kappa shape index (κ1) is 9.47. The van der Waals surface area contributed by atoms with Crippen LogP contribution in [0.5, 0.6) is 0 Å². The summed E-state index contributed by atoms with van der Waals surface area (Å²) in [4.78, 5) is 0. The number of fused-ring (bicyclic) bond motifs is 2. The van der Waals surface area contributed by atoms with Crippen LogP contribution >= 0.6 is 0 Å². The normalized spacial score (nSPS) is 54.5. The molecule has 2 aliphatic carbocycles. The van der Waals surface area contributed by atoms with Gasteiger partial charge in [0.2, 0.25) is 0 Å². The van der Waals surface area contributed by atoms with E-state index in [-0.39, 0.29) is 24.0 Å². The fourth-order valence-corrected chi connectivity index (χ4v) is 3.69. The van der Waals surface area contributed by atoms with Gasteiger partial charge in [0.15, 0.2) is 0 Å². The summed E-state index contributed by atoms with van der Waals surface area (Å²) in [5, 5.41) is 19.0. The molecule has 0 aromatic heterocycles. The highest BCUT2D eigenvalue weighted by atomic mass is 16.3. The van der Waals surface area contributed by atoms with Crippen molar-refractivity contribution >= 4 is 0 Å². The van der Waals surface area contributed by atoms with Crippen LogP contribution in [0, 0.1) is 22.7 Å². The van der Waals surface area contributed by atoms with Gasteiger partial charge in [-0.2, -0.15) is 0 Å². The molecule has 2 rings (SSSR count). The van der Waals surface area contributed by atoms with E-state index in [1.807, 2.05) is 0 Å². The molecule has 76 valence electrons. The third-order valence-electron chi connectivity index (χ3n) is 5.20. The minimum absolute atomic E-state index is 0.0370. The number of aliphatic hydroxyl groups excluding tert-OH is 2. The Morgan fingerprint density at radius 3 is 1.69 bits per heavy atom. The standard InChI is InChI=1S/C11H20O2/c1-10(6-12)8-3-4-9(5-8)11(10,2)7-13/h8-9,12-13H,3-7H2,1-2H3/t8-,9+,10-,11+. The van der Waals surface area contributed by atoms with Gasteiger partial charge in [-0.15, -0.1) is 0 Å². The average Bonchev–Trinajstić information content (AvgIpc) is 2.70. The molecular formula is C11H20O2. The van der Waals surface area contributed by atoms with Gasteiger partial charge in [0.25, 0.3) is 0 Å². The molecule has 0 unspecified atom stereocenters. The Morgan fingerprint density at radius 1 is 1.00 bits per heavy atom. The molecule has 0 spiro atoms. The van der Waals surface area contributed by atoms with Gasteiger partial charge in [0.1, 0.15) is 0 Å². The van der Waals surface area contributed by atoms with Gasteiger partial charge in [-0.1, -0.05) is 13.8 Å². The quantitative estimate of drug-likeness (QED) is 0.681. The Balaban J connectivity index is 2.35. The lowest BCUT2D eigenvalue weighted by molar-refractivity contribution is -0.0722. The highest BCUT2D eigenvalue weighted by Gasteiger charge is 2.61. The molecule has 0 saturated heterocycles. The van der Waals surface area contributed by atoms with E-state index < -0.39 is 0 Å². The van der Waals surface area contributed by atoms with Crippen molar-refractivity contribution in [1.82, 2.24) is 0 Å². The van der Waals surface area contributed by atoms with Gasteiger partial charge < -0.3 is 10.2 Å². The lowest BCUT2D eigenvalue weighted by atomic mass is 9.58. The molecule has 0 heterocycles. The molecule has 2 nitrogen and oxygen atoms in total. The lowest BCUT2D eigenvalue weighted by Crippen LogP contribution is -2.47. The number of hydrogen-bond acceptors (Lipinski definition) is 2. The lowest BCUT2D eigenvalue weighted by Gasteiger charge is -2.47. The molecule has 2 saturated carbocycles. The number of rotatable bonds is 2. The van der Waals surface area contributed by atoms with Crippen LogP contribution in [0.3, 0.4) is 0 Å². The maximum atomic E-state index is 9.50. The van der Waals surface area contributed by atoms with Crippen LogP contribution in [0.25, 0.3) is 0 Å². The van der Waals surface area contributed by atoms with Gasteiger partial charge in [0, 0.05) is 24.0 Å². The molecule has 2 N–H and O–H groups in total. The summed E-state index contributed by atoms with van der Waals surface area (Å²) >= 11 is 0. The molecule has 2 heteroatoms. The summed E-state index contributed by atoms with van der Waals surface area (Å²) in [6.07, 6.45) is 3.71. The van der Waals surface area contributed by atoms with Crippen LogP contribution in [0.15, 0.2) is 0 Å². The van der Waals surface area contributed by atoms with Gasteiger partial charge in [-0.05, 0) is 31.1 Å². The summed E-state index contributed by atoms with van der Waals surface area (Å²) in [5.74, 6) is 1.28. The highest BCUT2D eigenvalue weighted by molar-refractivity contribution is 5.10. The van der Waals surface area contributed by atoms with Crippen LogP contribution in [0.2, 0.25) is 0 Å². The van der Waals surface area contributed by atoms with Crippen LogP contribution in [0.4, 0.5) is 0 Å². The van der Waals surface area contributed by atoms with Crippen molar-refractivity contribution in [3.63, 3.8) is 0 Å². The molecule has 2 fully saturated rings. The summed E-state index contributed by atoms with van der Waals surface area (Å²) < 4.78 is 0. The summed E-state index contributed by atoms with van der Waals surface area (Å²) in [6, 6.07) is 0. The topological polar surface area (TPSA) is 40.5 Å². The van der Waals surface area contributed by atoms with Crippen LogP contribution in [0.1, 0.15) is 33.1 Å². The van der Waals surface area contributed by atoms with Crippen molar-refractivity contribution < 1.29 is 10.2 Å². The van der Waals surface area contributed by atoms with E-state index in [9.17, 15) is 10.2 Å². The van der Waals surface area contributed by atoms with Crippen LogP contribution in [-0.4, -0.2) is 23.4 Å². The van der Waals surface area contributed by atoms with E-state index in [4.69, 9.17) is 0 Å². The predicted octanol–water partition coefficient (Wildman–Crippen LogP) is 1.41. The molecule has 2 aliphatic rings. The average molecular weight is 184 g/mol. The maximum Gasteiger partial charge on any atom is 0.0493 e. The van der Waals surface area contributed by atoms with E-state index >= 15 is 0 Å². The summed E-state index contributed by atoms with van der Waals surface area (Å²) in [6.45, 7) is 4.75. The summed E-state index contributed by atoms with van der Waals surface area (Å²) in [7, 11) is 0. The first-order chi connectivity index (χ1) is 6.08. The fraction of sp³-hybridized carbons (Fsp3) is 1.00. The van der Waals surface area contributed by atoms with Gasteiger partial charge in [-0.25, -0.2) is 0 Å². The zero-order chi connectivity index (χ0) is 9.69. The maximum absolute atomic E-state index is 9.50. The van der Waals surface area contributed by atoms with Crippen molar-refractivity contribution in [3.05, 3.63) is 0 Å². The van der Waals surface area contributed by atoms with E-state index in [2.05, 4.69) is 13.8 Å². The van der Waals surface area contributed by atoms with Crippen LogP contribution in [-0.2, 0) is 0 Å². The molecular weight excluding hydrogens is 164 g/mol. The predicted molar refractivity (Wildman–Crippen MR) is 51.2 cm³/mol. The molecule has 0 aliphatic heterocycles. The minimum Gasteiger partial charge on any atom is -0.396 e.